The van der Waals surface area contributed by atoms with Crippen molar-refractivity contribution in [1.82, 2.24) is 0 Å². The zero-order chi connectivity index (χ0) is 21.4. The monoisotopic (exact) mass is 430 g/mol. The topological polar surface area (TPSA) is 50.4 Å². The van der Waals surface area contributed by atoms with Gasteiger partial charge in [-0.1, -0.05) is 30.3 Å². The summed E-state index contributed by atoms with van der Waals surface area (Å²) in [6, 6.07) is 20.3. The third-order valence-corrected chi connectivity index (χ3v) is 6.87. The van der Waals surface area contributed by atoms with Gasteiger partial charge < -0.3 is 15.4 Å². The Kier molecular flexibility index (Phi) is 5.28. The molecule has 1 aromatic heterocycles. The van der Waals surface area contributed by atoms with Gasteiger partial charge in [0.1, 0.15) is 5.75 Å². The van der Waals surface area contributed by atoms with Crippen molar-refractivity contribution in [3.05, 3.63) is 87.8 Å². The highest BCUT2D eigenvalue weighted by Gasteiger charge is 2.36. The van der Waals surface area contributed by atoms with Crippen molar-refractivity contribution in [2.45, 2.75) is 44.8 Å². The molecule has 4 nitrogen and oxygen atoms in total. The molecular weight excluding hydrogens is 404 g/mol. The SMILES string of the molecule is CC(C)Oc1ccc([C@H]2Nc3ccccc3NC3=C2C(=O)C[C@@H](c2cccs2)C3)cc1. The number of ether oxygens (including phenoxy) is 1. The second kappa shape index (κ2) is 8.23. The third kappa shape index (κ3) is 3.98. The van der Waals surface area contributed by atoms with Crippen LogP contribution in [-0.2, 0) is 4.79 Å². The smallest absolute Gasteiger partial charge is 0.163 e. The van der Waals surface area contributed by atoms with Gasteiger partial charge in [-0.2, -0.15) is 0 Å². The van der Waals surface area contributed by atoms with Gasteiger partial charge in [0.15, 0.2) is 5.78 Å². The van der Waals surface area contributed by atoms with Gasteiger partial charge in [0, 0.05) is 28.5 Å². The Labute approximate surface area is 187 Å². The minimum Gasteiger partial charge on any atom is -0.491 e. The predicted molar refractivity (Wildman–Crippen MR) is 127 cm³/mol. The van der Waals surface area contributed by atoms with E-state index in [1.54, 1.807) is 11.3 Å². The van der Waals surface area contributed by atoms with Crippen molar-refractivity contribution in [3.8, 4) is 5.75 Å². The van der Waals surface area contributed by atoms with Crippen molar-refractivity contribution < 1.29 is 9.53 Å². The van der Waals surface area contributed by atoms with Crippen LogP contribution in [0.5, 0.6) is 5.75 Å². The Balaban J connectivity index is 1.56. The Hall–Kier alpha value is -3.05. The fourth-order valence-electron chi connectivity index (χ4n) is 4.48. The first-order chi connectivity index (χ1) is 15.1. The van der Waals surface area contributed by atoms with Crippen molar-refractivity contribution in [3.63, 3.8) is 0 Å². The molecule has 0 radical (unpaired) electrons. The molecule has 158 valence electrons. The number of nitrogens with one attached hydrogen (secondary N) is 2. The number of thiophene rings is 1. The number of carbonyl (C=O) groups is 1. The maximum Gasteiger partial charge on any atom is 0.163 e. The van der Waals surface area contributed by atoms with Crippen molar-refractivity contribution in [1.29, 1.82) is 0 Å². The molecule has 5 rings (SSSR count). The van der Waals surface area contributed by atoms with Crippen LogP contribution in [0.2, 0.25) is 0 Å². The first-order valence-electron chi connectivity index (χ1n) is 10.8. The van der Waals surface area contributed by atoms with E-state index in [9.17, 15) is 4.79 Å². The minimum absolute atomic E-state index is 0.126. The Morgan fingerprint density at radius 3 is 2.45 bits per heavy atom. The van der Waals surface area contributed by atoms with Crippen LogP contribution in [0.1, 0.15) is 49.1 Å². The Bertz CT molecular complexity index is 1120. The number of fused-ring (bicyclic) bond motifs is 1. The lowest BCUT2D eigenvalue weighted by Gasteiger charge is -2.29. The summed E-state index contributed by atoms with van der Waals surface area (Å²) in [5.74, 6) is 1.28. The summed E-state index contributed by atoms with van der Waals surface area (Å²) in [4.78, 5) is 14.8. The number of Topliss-reactive ketones (excluding diaryl/α,β-unsaturated/α-hetero) is 1. The maximum absolute atomic E-state index is 13.5. The van der Waals surface area contributed by atoms with Crippen molar-refractivity contribution in [2.75, 3.05) is 10.6 Å². The predicted octanol–water partition coefficient (Wildman–Crippen LogP) is 6.51. The molecule has 2 N–H and O–H groups in total. The second-order valence-corrected chi connectivity index (χ2v) is 9.40. The van der Waals surface area contributed by atoms with Crippen molar-refractivity contribution in [2.24, 2.45) is 0 Å². The molecule has 31 heavy (non-hydrogen) atoms. The van der Waals surface area contributed by atoms with E-state index in [1.165, 1.54) is 4.88 Å². The summed E-state index contributed by atoms with van der Waals surface area (Å²) in [6.45, 7) is 4.04. The quantitative estimate of drug-likeness (QED) is 0.495. The molecule has 0 spiro atoms. The lowest BCUT2D eigenvalue weighted by atomic mass is 9.81. The zero-order valence-corrected chi connectivity index (χ0v) is 18.5. The fraction of sp³-hybridized carbons (Fsp3) is 0.269. The largest absolute Gasteiger partial charge is 0.491 e. The van der Waals surface area contributed by atoms with E-state index >= 15 is 0 Å². The Morgan fingerprint density at radius 1 is 0.968 bits per heavy atom. The van der Waals surface area contributed by atoms with Gasteiger partial charge in [-0.05, 0) is 61.5 Å². The summed E-state index contributed by atoms with van der Waals surface area (Å²) < 4.78 is 5.81. The van der Waals surface area contributed by atoms with E-state index in [4.69, 9.17) is 4.74 Å². The molecule has 0 saturated carbocycles. The van der Waals surface area contributed by atoms with Gasteiger partial charge in [0.05, 0.1) is 23.5 Å². The number of hydrogen-bond donors (Lipinski definition) is 2. The second-order valence-electron chi connectivity index (χ2n) is 8.42. The zero-order valence-electron chi connectivity index (χ0n) is 17.7. The van der Waals surface area contributed by atoms with Crippen LogP contribution in [-0.4, -0.2) is 11.9 Å². The molecule has 2 heterocycles. The van der Waals surface area contributed by atoms with Crippen LogP contribution >= 0.6 is 11.3 Å². The molecule has 0 bridgehead atoms. The van der Waals surface area contributed by atoms with E-state index in [0.717, 1.165) is 40.4 Å². The molecule has 5 heteroatoms. The number of anilines is 2. The molecule has 1 aliphatic heterocycles. The number of ketones is 1. The van der Waals surface area contributed by atoms with Crippen LogP contribution in [0, 0.1) is 0 Å². The number of para-hydroxylation sites is 2. The maximum atomic E-state index is 13.5. The molecule has 0 fully saturated rings. The number of hydrogen-bond acceptors (Lipinski definition) is 5. The third-order valence-electron chi connectivity index (χ3n) is 5.84. The van der Waals surface area contributed by atoms with Crippen LogP contribution in [0.3, 0.4) is 0 Å². The molecule has 3 aromatic rings. The van der Waals surface area contributed by atoms with Gasteiger partial charge >= 0.3 is 0 Å². The van der Waals surface area contributed by atoms with Gasteiger partial charge in [-0.25, -0.2) is 0 Å². The first-order valence-corrected chi connectivity index (χ1v) is 11.7. The number of benzene rings is 2. The fourth-order valence-corrected chi connectivity index (χ4v) is 5.31. The molecule has 0 saturated heterocycles. The molecule has 2 aliphatic rings. The van der Waals surface area contributed by atoms with Crippen LogP contribution in [0.4, 0.5) is 11.4 Å². The molecule has 0 amide bonds. The van der Waals surface area contributed by atoms with Crippen LogP contribution < -0.4 is 15.4 Å². The standard InChI is InChI=1S/C26H26N2O2S/c1-16(2)30-19-11-9-17(10-12-19)26-25-22(27-20-6-3-4-7-21(20)28-26)14-18(15-23(25)29)24-8-5-13-31-24/h3-13,16,18,26-28H,14-15H2,1-2H3/t18-,26+/m0/s1. The number of carbonyl (C=O) groups excluding carboxylic acids is 1. The van der Waals surface area contributed by atoms with E-state index in [1.807, 2.05) is 38.1 Å². The summed E-state index contributed by atoms with van der Waals surface area (Å²) in [7, 11) is 0. The first kappa shape index (κ1) is 19.9. The molecule has 0 unspecified atom stereocenters. The van der Waals surface area contributed by atoms with Crippen molar-refractivity contribution >= 4 is 28.5 Å². The summed E-state index contributed by atoms with van der Waals surface area (Å²) in [5.41, 5.74) is 4.95. The van der Waals surface area contributed by atoms with E-state index in [0.29, 0.717) is 6.42 Å². The Morgan fingerprint density at radius 2 is 1.74 bits per heavy atom. The highest BCUT2D eigenvalue weighted by atomic mass is 32.1. The van der Waals surface area contributed by atoms with Crippen LogP contribution in [0.25, 0.3) is 0 Å². The average Bonchev–Trinajstić information content (AvgIpc) is 3.23. The highest BCUT2D eigenvalue weighted by molar-refractivity contribution is 7.10. The number of rotatable bonds is 4. The summed E-state index contributed by atoms with van der Waals surface area (Å²) >= 11 is 1.73. The molecular formula is C26H26N2O2S. The molecule has 1 aliphatic carbocycles. The highest BCUT2D eigenvalue weighted by Crippen LogP contribution is 2.45. The van der Waals surface area contributed by atoms with Gasteiger partial charge in [-0.15, -0.1) is 11.3 Å². The van der Waals surface area contributed by atoms with E-state index < -0.39 is 0 Å². The van der Waals surface area contributed by atoms with Crippen LogP contribution in [0.15, 0.2) is 77.3 Å². The molecule has 2 aromatic carbocycles. The van der Waals surface area contributed by atoms with E-state index in [-0.39, 0.29) is 23.8 Å². The average molecular weight is 431 g/mol. The summed E-state index contributed by atoms with van der Waals surface area (Å²) in [5, 5.41) is 9.32. The van der Waals surface area contributed by atoms with Gasteiger partial charge in [-0.3, -0.25) is 4.79 Å². The lowest BCUT2D eigenvalue weighted by molar-refractivity contribution is -0.116. The van der Waals surface area contributed by atoms with Gasteiger partial charge in [0.2, 0.25) is 0 Å². The number of allylic oxidation sites excluding steroid dienone is 1. The lowest BCUT2D eigenvalue weighted by Crippen LogP contribution is -2.26. The molecule has 2 atom stereocenters. The van der Waals surface area contributed by atoms with Gasteiger partial charge in [0.25, 0.3) is 0 Å². The van der Waals surface area contributed by atoms with E-state index in [2.05, 4.69) is 52.4 Å². The summed E-state index contributed by atoms with van der Waals surface area (Å²) in [6.07, 6.45) is 1.51. The normalized spacial score (nSPS) is 20.4. The minimum atomic E-state index is -0.198.